The Morgan fingerprint density at radius 1 is 1.35 bits per heavy atom. The predicted octanol–water partition coefficient (Wildman–Crippen LogP) is 3.16. The normalized spacial score (nSPS) is 17.9. The lowest BCUT2D eigenvalue weighted by Crippen LogP contribution is -2.31. The molecule has 1 atom stereocenters. The van der Waals surface area contributed by atoms with E-state index in [2.05, 4.69) is 54.2 Å². The summed E-state index contributed by atoms with van der Waals surface area (Å²) in [5, 5.41) is 0. The summed E-state index contributed by atoms with van der Waals surface area (Å²) in [5.41, 5.74) is 1.41. The van der Waals surface area contributed by atoms with Crippen molar-refractivity contribution < 1.29 is 0 Å². The molecule has 0 bridgehead atoms. The Morgan fingerprint density at radius 3 is 2.53 bits per heavy atom. The second-order valence-electron chi connectivity index (χ2n) is 5.05. The highest BCUT2D eigenvalue weighted by Gasteiger charge is 2.29. The summed E-state index contributed by atoms with van der Waals surface area (Å²) >= 11 is 0. The van der Waals surface area contributed by atoms with E-state index in [4.69, 9.17) is 0 Å². The molecule has 1 aliphatic carbocycles. The Balaban J connectivity index is 1.96. The van der Waals surface area contributed by atoms with Crippen LogP contribution in [0.1, 0.15) is 31.2 Å². The minimum absolute atomic E-state index is 0.552. The van der Waals surface area contributed by atoms with E-state index in [1.165, 1.54) is 24.2 Å². The van der Waals surface area contributed by atoms with Gasteiger partial charge in [0.15, 0.2) is 0 Å². The van der Waals surface area contributed by atoms with Crippen LogP contribution in [0.25, 0.3) is 0 Å². The number of benzene rings is 1. The second kappa shape index (κ2) is 5.35. The van der Waals surface area contributed by atoms with Gasteiger partial charge in [0.05, 0.1) is 0 Å². The summed E-state index contributed by atoms with van der Waals surface area (Å²) in [6.45, 7) is 3.33. The van der Waals surface area contributed by atoms with Crippen LogP contribution in [0.2, 0.25) is 0 Å². The molecule has 2 heteroatoms. The maximum absolute atomic E-state index is 4.44. The van der Waals surface area contributed by atoms with Gasteiger partial charge in [-0.15, -0.1) is 0 Å². The smallest absolute Gasteiger partial charge is 0.101 e. The number of nitrogens with zero attached hydrogens (tertiary/aromatic N) is 2. The Bertz CT molecular complexity index is 379. The Morgan fingerprint density at radius 2 is 2.00 bits per heavy atom. The molecular weight excluding hydrogens is 208 g/mol. The molecule has 0 aliphatic heterocycles. The number of amidine groups is 1. The summed E-state index contributed by atoms with van der Waals surface area (Å²) in [5.74, 6) is 2.57. The Kier molecular flexibility index (Phi) is 3.82. The molecule has 1 aromatic rings. The fraction of sp³-hybridized carbons (Fsp3) is 0.533. The third-order valence-corrected chi connectivity index (χ3v) is 3.48. The number of rotatable bonds is 4. The molecule has 0 radical (unpaired) electrons. The molecular formula is C15H22N2. The third-order valence-electron chi connectivity index (χ3n) is 3.48. The van der Waals surface area contributed by atoms with Gasteiger partial charge >= 0.3 is 0 Å². The van der Waals surface area contributed by atoms with Crippen molar-refractivity contribution in [1.29, 1.82) is 0 Å². The van der Waals surface area contributed by atoms with Gasteiger partial charge in [0.25, 0.3) is 0 Å². The zero-order valence-electron chi connectivity index (χ0n) is 11.1. The zero-order valence-corrected chi connectivity index (χ0v) is 11.1. The summed E-state index contributed by atoms with van der Waals surface area (Å²) < 4.78 is 0. The molecule has 1 aromatic carbocycles. The van der Waals surface area contributed by atoms with Gasteiger partial charge in [-0.2, -0.15) is 0 Å². The molecule has 0 amide bonds. The van der Waals surface area contributed by atoms with Crippen LogP contribution in [-0.2, 0) is 0 Å². The van der Waals surface area contributed by atoms with Crippen LogP contribution in [0.4, 0.5) is 0 Å². The van der Waals surface area contributed by atoms with Gasteiger partial charge in [0, 0.05) is 26.6 Å². The van der Waals surface area contributed by atoms with E-state index in [-0.39, 0.29) is 0 Å². The lowest BCUT2D eigenvalue weighted by Gasteiger charge is -2.25. The van der Waals surface area contributed by atoms with Gasteiger partial charge in [0.1, 0.15) is 5.84 Å². The molecule has 0 N–H and O–H groups in total. The van der Waals surface area contributed by atoms with E-state index in [0.29, 0.717) is 5.92 Å². The van der Waals surface area contributed by atoms with E-state index in [1.807, 2.05) is 7.05 Å². The van der Waals surface area contributed by atoms with Crippen LogP contribution in [0, 0.1) is 5.92 Å². The van der Waals surface area contributed by atoms with Gasteiger partial charge in [0.2, 0.25) is 0 Å². The summed E-state index contributed by atoms with van der Waals surface area (Å²) in [7, 11) is 4.08. The minimum atomic E-state index is 0.552. The van der Waals surface area contributed by atoms with Gasteiger partial charge in [-0.1, -0.05) is 37.3 Å². The molecule has 1 saturated carbocycles. The maximum atomic E-state index is 4.44. The van der Waals surface area contributed by atoms with Gasteiger partial charge < -0.3 is 4.90 Å². The van der Waals surface area contributed by atoms with Crippen molar-refractivity contribution in [2.75, 3.05) is 20.6 Å². The maximum Gasteiger partial charge on any atom is 0.101 e. The molecule has 0 aromatic heterocycles. The van der Waals surface area contributed by atoms with Crippen LogP contribution in [-0.4, -0.2) is 31.4 Å². The summed E-state index contributed by atoms with van der Waals surface area (Å²) in [6, 6.07) is 10.7. The average molecular weight is 230 g/mol. The van der Waals surface area contributed by atoms with E-state index in [1.54, 1.807) is 0 Å². The average Bonchev–Trinajstić information content (AvgIpc) is 3.15. The second-order valence-corrected chi connectivity index (χ2v) is 5.05. The van der Waals surface area contributed by atoms with Gasteiger partial charge in [-0.25, -0.2) is 0 Å². The zero-order chi connectivity index (χ0) is 12.3. The minimum Gasteiger partial charge on any atom is -0.363 e. The predicted molar refractivity (Wildman–Crippen MR) is 73.6 cm³/mol. The number of hydrogen-bond acceptors (Lipinski definition) is 1. The lowest BCUT2D eigenvalue weighted by molar-refractivity contribution is 0.452. The fourth-order valence-corrected chi connectivity index (χ4v) is 2.40. The number of hydrogen-bond donors (Lipinski definition) is 0. The molecule has 0 unspecified atom stereocenters. The first-order valence-electron chi connectivity index (χ1n) is 6.45. The van der Waals surface area contributed by atoms with Crippen molar-refractivity contribution in [3.8, 4) is 0 Å². The Labute approximate surface area is 104 Å². The highest BCUT2D eigenvalue weighted by molar-refractivity contribution is 5.86. The molecule has 2 nitrogen and oxygen atoms in total. The van der Waals surface area contributed by atoms with E-state index in [0.717, 1.165) is 12.5 Å². The first-order chi connectivity index (χ1) is 8.22. The highest BCUT2D eigenvalue weighted by Crippen LogP contribution is 2.32. The van der Waals surface area contributed by atoms with Crippen LogP contribution < -0.4 is 0 Å². The standard InChI is InChI=1S/C15H22N2/c1-12(13-7-5-4-6-8-13)11-17(3)15(16-2)14-9-10-14/h4-8,12,14H,9-11H2,1-3H3/t12-/m1/s1. The van der Waals surface area contributed by atoms with E-state index >= 15 is 0 Å². The van der Waals surface area contributed by atoms with Crippen molar-refractivity contribution in [2.24, 2.45) is 10.9 Å². The molecule has 0 heterocycles. The summed E-state index contributed by atoms with van der Waals surface area (Å²) in [4.78, 5) is 6.77. The molecule has 0 saturated heterocycles. The molecule has 17 heavy (non-hydrogen) atoms. The molecule has 0 spiro atoms. The number of likely N-dealkylation sites (N-methyl/N-ethyl adjacent to an activating group) is 1. The van der Waals surface area contributed by atoms with Gasteiger partial charge in [-0.3, -0.25) is 4.99 Å². The van der Waals surface area contributed by atoms with Crippen molar-refractivity contribution in [3.63, 3.8) is 0 Å². The van der Waals surface area contributed by atoms with Crippen molar-refractivity contribution in [2.45, 2.75) is 25.7 Å². The topological polar surface area (TPSA) is 15.6 Å². The van der Waals surface area contributed by atoms with Crippen molar-refractivity contribution in [1.82, 2.24) is 4.90 Å². The first kappa shape index (κ1) is 12.2. The molecule has 2 rings (SSSR count). The third kappa shape index (κ3) is 3.09. The first-order valence-corrected chi connectivity index (χ1v) is 6.45. The number of aliphatic imine (C=N–C) groups is 1. The van der Waals surface area contributed by atoms with Crippen LogP contribution in [0.3, 0.4) is 0 Å². The lowest BCUT2D eigenvalue weighted by atomic mass is 10.0. The van der Waals surface area contributed by atoms with Crippen LogP contribution >= 0.6 is 0 Å². The van der Waals surface area contributed by atoms with E-state index in [9.17, 15) is 0 Å². The van der Waals surface area contributed by atoms with Crippen LogP contribution in [0.5, 0.6) is 0 Å². The van der Waals surface area contributed by atoms with Crippen molar-refractivity contribution in [3.05, 3.63) is 35.9 Å². The van der Waals surface area contributed by atoms with Crippen molar-refractivity contribution >= 4 is 5.84 Å². The monoisotopic (exact) mass is 230 g/mol. The largest absolute Gasteiger partial charge is 0.363 e. The SMILES string of the molecule is CN=C(C1CC1)N(C)C[C@@H](C)c1ccccc1. The van der Waals surface area contributed by atoms with Crippen LogP contribution in [0.15, 0.2) is 35.3 Å². The Hall–Kier alpha value is -1.31. The quantitative estimate of drug-likeness (QED) is 0.573. The molecule has 92 valence electrons. The molecule has 1 aliphatic rings. The fourth-order valence-electron chi connectivity index (χ4n) is 2.40. The van der Waals surface area contributed by atoms with E-state index < -0.39 is 0 Å². The summed E-state index contributed by atoms with van der Waals surface area (Å²) in [6.07, 6.45) is 2.63. The highest BCUT2D eigenvalue weighted by atomic mass is 15.2. The van der Waals surface area contributed by atoms with Gasteiger partial charge in [-0.05, 0) is 24.3 Å². The molecule has 1 fully saturated rings.